The predicted molar refractivity (Wildman–Crippen MR) is 108 cm³/mol. The van der Waals surface area contributed by atoms with Crippen molar-refractivity contribution in [3.63, 3.8) is 0 Å². The van der Waals surface area contributed by atoms with E-state index in [0.717, 1.165) is 32.1 Å². The van der Waals surface area contributed by atoms with Gasteiger partial charge >= 0.3 is 5.97 Å². The molecule has 0 aromatic heterocycles. The van der Waals surface area contributed by atoms with Crippen LogP contribution in [-0.4, -0.2) is 23.6 Å². The Morgan fingerprint density at radius 2 is 1.75 bits per heavy atom. The van der Waals surface area contributed by atoms with Gasteiger partial charge < -0.3 is 9.94 Å². The molecule has 4 unspecified atom stereocenters. The zero-order chi connectivity index (χ0) is 20.5. The standard InChI is InChI=1S/C23H39NO4/c1-22(2,21(27)28-24-20(26)11-15-7-5-6-8-15)14-17-12-16(9-10-25)18-13-19(17)23(18,3)4/h15-19,25H,5-14H2,1-4H3,(H,24,26). The molecule has 0 saturated heterocycles. The molecule has 5 heteroatoms. The second-order valence-electron chi connectivity index (χ2n) is 10.9. The zero-order valence-electron chi connectivity index (χ0n) is 18.1. The zero-order valence-corrected chi connectivity index (χ0v) is 18.1. The van der Waals surface area contributed by atoms with E-state index in [-0.39, 0.29) is 23.9 Å². The first-order valence-electron chi connectivity index (χ1n) is 11.3. The van der Waals surface area contributed by atoms with Gasteiger partial charge in [-0.05, 0) is 87.4 Å². The Bertz CT molecular complexity index is 579. The van der Waals surface area contributed by atoms with Gasteiger partial charge in [-0.2, -0.15) is 5.48 Å². The number of hydrogen-bond acceptors (Lipinski definition) is 4. The number of fused-ring (bicyclic) bond motifs is 2. The highest BCUT2D eigenvalue weighted by Gasteiger charge is 2.58. The molecular weight excluding hydrogens is 354 g/mol. The molecule has 0 aromatic rings. The number of rotatable bonds is 7. The largest absolute Gasteiger partial charge is 0.396 e. The van der Waals surface area contributed by atoms with E-state index >= 15 is 0 Å². The number of hydrogen-bond donors (Lipinski definition) is 2. The van der Waals surface area contributed by atoms with Crippen LogP contribution in [0.1, 0.15) is 85.5 Å². The van der Waals surface area contributed by atoms with Crippen LogP contribution in [-0.2, 0) is 14.4 Å². The van der Waals surface area contributed by atoms with Crippen LogP contribution < -0.4 is 5.48 Å². The minimum atomic E-state index is -0.631. The molecule has 2 bridgehead atoms. The topological polar surface area (TPSA) is 75.6 Å². The van der Waals surface area contributed by atoms with Crippen molar-refractivity contribution in [2.75, 3.05) is 6.61 Å². The first-order chi connectivity index (χ1) is 13.1. The molecule has 4 rings (SSSR count). The van der Waals surface area contributed by atoms with Gasteiger partial charge in [-0.1, -0.05) is 26.7 Å². The molecule has 4 saturated carbocycles. The van der Waals surface area contributed by atoms with Crippen LogP contribution in [0.5, 0.6) is 0 Å². The molecular formula is C23H39NO4. The van der Waals surface area contributed by atoms with Crippen LogP contribution in [0.4, 0.5) is 0 Å². The van der Waals surface area contributed by atoms with Gasteiger partial charge in [-0.3, -0.25) is 4.79 Å². The fraction of sp³-hybridized carbons (Fsp3) is 0.913. The summed E-state index contributed by atoms with van der Waals surface area (Å²) in [4.78, 5) is 30.0. The Kier molecular flexibility index (Phi) is 6.43. The van der Waals surface area contributed by atoms with E-state index in [0.29, 0.717) is 36.0 Å². The van der Waals surface area contributed by atoms with Gasteiger partial charge in [0.05, 0.1) is 5.41 Å². The lowest BCUT2D eigenvalue weighted by Crippen LogP contribution is -2.57. The highest BCUT2D eigenvalue weighted by atomic mass is 16.7. The van der Waals surface area contributed by atoms with Crippen LogP contribution in [0.15, 0.2) is 0 Å². The SMILES string of the molecule is CC(C)(CC1CC(CCO)C2CC1C2(C)C)C(=O)ONC(=O)CC1CCCC1. The van der Waals surface area contributed by atoms with Crippen LogP contribution in [0.3, 0.4) is 0 Å². The van der Waals surface area contributed by atoms with Crippen LogP contribution in [0, 0.1) is 40.4 Å². The summed E-state index contributed by atoms with van der Waals surface area (Å²) in [5.41, 5.74) is 2.06. The third kappa shape index (κ3) is 4.39. The normalized spacial score (nSPS) is 31.9. The Labute approximate surface area is 169 Å². The molecule has 4 fully saturated rings. The Hall–Kier alpha value is -1.10. The van der Waals surface area contributed by atoms with Crippen molar-refractivity contribution >= 4 is 11.9 Å². The summed E-state index contributed by atoms with van der Waals surface area (Å²) in [5, 5.41) is 9.44. The number of aliphatic hydroxyl groups excluding tert-OH is 1. The maximum atomic E-state index is 12.7. The number of nitrogens with one attached hydrogen (secondary N) is 1. The number of carbonyl (C=O) groups excluding carboxylic acids is 2. The van der Waals surface area contributed by atoms with E-state index in [1.165, 1.54) is 19.3 Å². The fourth-order valence-electron chi connectivity index (χ4n) is 6.52. The predicted octanol–water partition coefficient (Wildman–Crippen LogP) is 4.24. The van der Waals surface area contributed by atoms with E-state index in [1.807, 2.05) is 13.8 Å². The van der Waals surface area contributed by atoms with Crippen LogP contribution in [0.25, 0.3) is 0 Å². The van der Waals surface area contributed by atoms with Gasteiger partial charge in [0.2, 0.25) is 0 Å². The van der Waals surface area contributed by atoms with Gasteiger partial charge in [0.15, 0.2) is 0 Å². The van der Waals surface area contributed by atoms with Gasteiger partial charge in [0.1, 0.15) is 0 Å². The summed E-state index contributed by atoms with van der Waals surface area (Å²) < 4.78 is 0. The van der Waals surface area contributed by atoms with E-state index in [4.69, 9.17) is 4.84 Å². The maximum absolute atomic E-state index is 12.7. The van der Waals surface area contributed by atoms with Gasteiger partial charge in [0.25, 0.3) is 5.91 Å². The minimum absolute atomic E-state index is 0.181. The Balaban J connectivity index is 1.52. The molecule has 28 heavy (non-hydrogen) atoms. The van der Waals surface area contributed by atoms with Crippen molar-refractivity contribution in [1.29, 1.82) is 0 Å². The molecule has 160 valence electrons. The maximum Gasteiger partial charge on any atom is 0.337 e. The van der Waals surface area contributed by atoms with Gasteiger partial charge in [-0.15, -0.1) is 0 Å². The lowest BCUT2D eigenvalue weighted by atomic mass is 9.41. The highest BCUT2D eigenvalue weighted by molar-refractivity contribution is 5.80. The van der Waals surface area contributed by atoms with Crippen molar-refractivity contribution in [2.24, 2.45) is 40.4 Å². The monoisotopic (exact) mass is 393 g/mol. The van der Waals surface area contributed by atoms with E-state index in [2.05, 4.69) is 19.3 Å². The molecule has 0 aromatic carbocycles. The number of hydroxylamine groups is 1. The third-order valence-electron chi connectivity index (χ3n) is 8.19. The van der Waals surface area contributed by atoms with Crippen LogP contribution >= 0.6 is 0 Å². The first kappa shape index (κ1) is 21.6. The number of carbonyl (C=O) groups is 2. The smallest absolute Gasteiger partial charge is 0.337 e. The summed E-state index contributed by atoms with van der Waals surface area (Å²) in [6.45, 7) is 8.79. The van der Waals surface area contributed by atoms with E-state index in [1.54, 1.807) is 0 Å². The van der Waals surface area contributed by atoms with Gasteiger partial charge in [0, 0.05) is 13.0 Å². The molecule has 0 spiro atoms. The molecule has 4 aliphatic carbocycles. The van der Waals surface area contributed by atoms with Crippen molar-refractivity contribution in [3.05, 3.63) is 0 Å². The summed E-state index contributed by atoms with van der Waals surface area (Å²) in [5.74, 6) is 2.26. The highest BCUT2D eigenvalue weighted by Crippen LogP contribution is 2.65. The van der Waals surface area contributed by atoms with E-state index in [9.17, 15) is 14.7 Å². The second kappa shape index (κ2) is 8.33. The molecule has 5 nitrogen and oxygen atoms in total. The van der Waals surface area contributed by atoms with Crippen molar-refractivity contribution in [2.45, 2.75) is 85.5 Å². The quantitative estimate of drug-likeness (QED) is 0.635. The summed E-state index contributed by atoms with van der Waals surface area (Å²) in [7, 11) is 0. The molecule has 1 amide bonds. The van der Waals surface area contributed by atoms with Crippen molar-refractivity contribution < 1.29 is 19.5 Å². The van der Waals surface area contributed by atoms with Gasteiger partial charge in [-0.25, -0.2) is 4.79 Å². The third-order valence-corrected chi connectivity index (χ3v) is 8.19. The number of amides is 1. The van der Waals surface area contributed by atoms with Crippen LogP contribution in [0.2, 0.25) is 0 Å². The molecule has 0 radical (unpaired) electrons. The molecule has 0 heterocycles. The molecule has 0 aliphatic heterocycles. The summed E-state index contributed by atoms with van der Waals surface area (Å²) in [6, 6.07) is 0. The average molecular weight is 394 g/mol. The molecule has 4 atom stereocenters. The van der Waals surface area contributed by atoms with Crippen molar-refractivity contribution in [1.82, 2.24) is 5.48 Å². The Morgan fingerprint density at radius 3 is 2.36 bits per heavy atom. The minimum Gasteiger partial charge on any atom is -0.396 e. The second-order valence-corrected chi connectivity index (χ2v) is 10.9. The lowest BCUT2D eigenvalue weighted by Gasteiger charge is -2.64. The Morgan fingerprint density at radius 1 is 1.11 bits per heavy atom. The molecule has 2 N–H and O–H groups in total. The summed E-state index contributed by atoms with van der Waals surface area (Å²) in [6.07, 6.45) is 8.98. The molecule has 4 aliphatic rings. The summed E-state index contributed by atoms with van der Waals surface area (Å²) >= 11 is 0. The lowest BCUT2D eigenvalue weighted by molar-refractivity contribution is -0.176. The van der Waals surface area contributed by atoms with Crippen molar-refractivity contribution in [3.8, 4) is 0 Å². The van der Waals surface area contributed by atoms with E-state index < -0.39 is 5.41 Å². The first-order valence-corrected chi connectivity index (χ1v) is 11.3. The fourth-order valence-corrected chi connectivity index (χ4v) is 6.52. The average Bonchev–Trinajstić information content (AvgIpc) is 3.11. The number of aliphatic hydroxyl groups is 1.